The number of esters is 2. The lowest BCUT2D eigenvalue weighted by Crippen LogP contribution is -2.32. The Bertz CT molecular complexity index is 533. The molecule has 0 aliphatic heterocycles. The smallest absolute Gasteiger partial charge is 0.321 e. The Morgan fingerprint density at radius 3 is 2.08 bits per heavy atom. The van der Waals surface area contributed by atoms with Gasteiger partial charge >= 0.3 is 11.9 Å². The van der Waals surface area contributed by atoms with E-state index >= 15 is 0 Å². The molecule has 26 heavy (non-hydrogen) atoms. The van der Waals surface area contributed by atoms with Gasteiger partial charge in [-0.2, -0.15) is 0 Å². The number of hydrogen-bond donors (Lipinski definition) is 0. The molecule has 1 atom stereocenters. The molecule has 0 aliphatic carbocycles. The highest BCUT2D eigenvalue weighted by atomic mass is 16.6. The maximum atomic E-state index is 12.5. The van der Waals surface area contributed by atoms with Gasteiger partial charge < -0.3 is 9.47 Å². The van der Waals surface area contributed by atoms with E-state index in [0.717, 1.165) is 18.4 Å². The third-order valence-corrected chi connectivity index (χ3v) is 4.19. The second-order valence-corrected chi connectivity index (χ2v) is 6.20. The molecule has 0 saturated heterocycles. The molecule has 0 aromatic heterocycles. The second-order valence-electron chi connectivity index (χ2n) is 6.20. The Hall–Kier alpha value is -2.10. The summed E-state index contributed by atoms with van der Waals surface area (Å²) in [6.45, 7) is 6.13. The molecule has 1 rings (SSSR count). The van der Waals surface area contributed by atoms with Gasteiger partial charge in [-0.25, -0.2) is 0 Å². The van der Waals surface area contributed by atoms with Crippen molar-refractivity contribution in [3.8, 4) is 0 Å². The maximum Gasteiger partial charge on any atom is 0.321 e. The van der Waals surface area contributed by atoms with E-state index in [-0.39, 0.29) is 19.1 Å². The summed E-state index contributed by atoms with van der Waals surface area (Å²) in [6, 6.07) is 9.59. The van der Waals surface area contributed by atoms with Crippen LogP contribution in [-0.4, -0.2) is 25.2 Å². The highest BCUT2D eigenvalue weighted by Crippen LogP contribution is 2.29. The highest BCUT2D eigenvalue weighted by molar-refractivity contribution is 5.96. The van der Waals surface area contributed by atoms with Gasteiger partial charge in [0.05, 0.1) is 13.2 Å². The predicted molar refractivity (Wildman–Crippen MR) is 104 cm³/mol. The Balaban J connectivity index is 3.03. The number of rotatable bonds is 12. The van der Waals surface area contributed by atoms with Crippen molar-refractivity contribution in [3.05, 3.63) is 48.0 Å². The Morgan fingerprint density at radius 1 is 0.923 bits per heavy atom. The first kappa shape index (κ1) is 21.9. The molecule has 0 fully saturated rings. The Kier molecular flexibility index (Phi) is 11.1. The normalized spacial score (nSPS) is 12.3. The van der Waals surface area contributed by atoms with Crippen molar-refractivity contribution in [3.63, 3.8) is 0 Å². The van der Waals surface area contributed by atoms with E-state index in [1.165, 1.54) is 19.3 Å². The van der Waals surface area contributed by atoms with Crippen LogP contribution in [0.3, 0.4) is 0 Å². The van der Waals surface area contributed by atoms with E-state index in [0.29, 0.717) is 0 Å². The molecular weight excluding hydrogens is 328 g/mol. The molecule has 4 nitrogen and oxygen atoms in total. The summed E-state index contributed by atoms with van der Waals surface area (Å²) in [5, 5.41) is 0. The average Bonchev–Trinajstić information content (AvgIpc) is 2.64. The minimum Gasteiger partial charge on any atom is -0.465 e. The summed E-state index contributed by atoms with van der Waals surface area (Å²) in [5.74, 6) is -2.43. The van der Waals surface area contributed by atoms with Gasteiger partial charge in [-0.3, -0.25) is 9.59 Å². The number of allylic oxidation sites excluding steroid dienone is 2. The average molecular weight is 360 g/mol. The molecule has 144 valence electrons. The van der Waals surface area contributed by atoms with Gasteiger partial charge in [0, 0.05) is 5.92 Å². The number of ether oxygens (including phenoxy) is 2. The topological polar surface area (TPSA) is 52.6 Å². The summed E-state index contributed by atoms with van der Waals surface area (Å²) < 4.78 is 10.3. The monoisotopic (exact) mass is 360 g/mol. The van der Waals surface area contributed by atoms with Crippen LogP contribution in [-0.2, 0) is 19.1 Å². The Labute approximate surface area is 157 Å². The van der Waals surface area contributed by atoms with Crippen LogP contribution in [0.1, 0.15) is 64.4 Å². The van der Waals surface area contributed by atoms with Crippen molar-refractivity contribution in [1.29, 1.82) is 0 Å². The van der Waals surface area contributed by atoms with Crippen molar-refractivity contribution in [2.75, 3.05) is 13.2 Å². The van der Waals surface area contributed by atoms with Gasteiger partial charge in [0.2, 0.25) is 0 Å². The van der Waals surface area contributed by atoms with E-state index in [2.05, 4.69) is 13.0 Å². The van der Waals surface area contributed by atoms with E-state index in [4.69, 9.17) is 9.47 Å². The molecular formula is C22H32O4. The van der Waals surface area contributed by atoms with Crippen LogP contribution in [0.5, 0.6) is 0 Å². The standard InChI is InChI=1S/C22H32O4/c1-4-7-8-9-10-14-17-19(18-15-12-11-13-16-18)20(21(23)25-5-2)22(24)26-6-3/h11-17,19-20H,4-10H2,1-3H3/b17-14+. The van der Waals surface area contributed by atoms with Crippen molar-refractivity contribution in [2.24, 2.45) is 5.92 Å². The minimum atomic E-state index is -0.982. The molecule has 0 saturated carbocycles. The van der Waals surface area contributed by atoms with E-state index in [1.54, 1.807) is 13.8 Å². The van der Waals surface area contributed by atoms with Gasteiger partial charge in [0.25, 0.3) is 0 Å². The van der Waals surface area contributed by atoms with Gasteiger partial charge in [0.1, 0.15) is 0 Å². The van der Waals surface area contributed by atoms with Gasteiger partial charge in [-0.15, -0.1) is 0 Å². The van der Waals surface area contributed by atoms with Gasteiger partial charge in [-0.1, -0.05) is 68.7 Å². The molecule has 0 N–H and O–H groups in total. The summed E-state index contributed by atoms with van der Waals surface area (Å²) >= 11 is 0. The number of unbranched alkanes of at least 4 members (excludes halogenated alkanes) is 4. The number of hydrogen-bond acceptors (Lipinski definition) is 4. The molecule has 1 aromatic rings. The summed E-state index contributed by atoms with van der Waals surface area (Å²) in [7, 11) is 0. The molecule has 1 unspecified atom stereocenters. The third-order valence-electron chi connectivity index (χ3n) is 4.19. The van der Waals surface area contributed by atoms with Crippen LogP contribution < -0.4 is 0 Å². The summed E-state index contributed by atoms with van der Waals surface area (Å²) in [4.78, 5) is 25.0. The minimum absolute atomic E-state index is 0.233. The van der Waals surface area contributed by atoms with Gasteiger partial charge in [-0.05, 0) is 32.3 Å². The first-order valence-electron chi connectivity index (χ1n) is 9.70. The van der Waals surface area contributed by atoms with E-state index in [1.807, 2.05) is 36.4 Å². The second kappa shape index (κ2) is 13.2. The molecule has 0 aliphatic rings. The third kappa shape index (κ3) is 7.42. The van der Waals surface area contributed by atoms with Crippen LogP contribution in [0, 0.1) is 5.92 Å². The molecule has 0 heterocycles. The molecule has 0 bridgehead atoms. The van der Waals surface area contributed by atoms with E-state index in [9.17, 15) is 9.59 Å². The van der Waals surface area contributed by atoms with Crippen molar-refractivity contribution in [2.45, 2.75) is 58.8 Å². The molecule has 1 aromatic carbocycles. The summed E-state index contributed by atoms with van der Waals surface area (Å²) in [5.41, 5.74) is 0.906. The first-order chi connectivity index (χ1) is 12.7. The van der Waals surface area contributed by atoms with Crippen LogP contribution in [0.2, 0.25) is 0 Å². The zero-order chi connectivity index (χ0) is 19.2. The quantitative estimate of drug-likeness (QED) is 0.227. The largest absolute Gasteiger partial charge is 0.465 e. The fourth-order valence-electron chi connectivity index (χ4n) is 2.88. The SMILES string of the molecule is CCCCCC/C=C/C(c1ccccc1)C(C(=O)OCC)C(=O)OCC. The van der Waals surface area contributed by atoms with Crippen LogP contribution in [0.15, 0.2) is 42.5 Å². The molecule has 0 amide bonds. The van der Waals surface area contributed by atoms with Gasteiger partial charge in [0.15, 0.2) is 5.92 Å². The zero-order valence-corrected chi connectivity index (χ0v) is 16.3. The van der Waals surface area contributed by atoms with Crippen molar-refractivity contribution >= 4 is 11.9 Å². The maximum absolute atomic E-state index is 12.5. The van der Waals surface area contributed by atoms with E-state index < -0.39 is 17.9 Å². The fraction of sp³-hybridized carbons (Fsp3) is 0.545. The Morgan fingerprint density at radius 2 is 1.54 bits per heavy atom. The zero-order valence-electron chi connectivity index (χ0n) is 16.3. The number of benzene rings is 1. The number of carbonyl (C=O) groups is 2. The molecule has 4 heteroatoms. The first-order valence-corrected chi connectivity index (χ1v) is 9.70. The predicted octanol–water partition coefficient (Wildman–Crippen LogP) is 5.04. The highest BCUT2D eigenvalue weighted by Gasteiger charge is 2.37. The molecule has 0 spiro atoms. The van der Waals surface area contributed by atoms with Crippen molar-refractivity contribution < 1.29 is 19.1 Å². The van der Waals surface area contributed by atoms with Crippen LogP contribution in [0.4, 0.5) is 0 Å². The number of carbonyl (C=O) groups excluding carboxylic acids is 2. The van der Waals surface area contributed by atoms with Crippen LogP contribution >= 0.6 is 0 Å². The van der Waals surface area contributed by atoms with Crippen LogP contribution in [0.25, 0.3) is 0 Å². The fourth-order valence-corrected chi connectivity index (χ4v) is 2.88. The molecule has 0 radical (unpaired) electrons. The lowest BCUT2D eigenvalue weighted by molar-refractivity contribution is -0.162. The lowest BCUT2D eigenvalue weighted by atomic mass is 9.85. The summed E-state index contributed by atoms with van der Waals surface area (Å²) in [6.07, 6.45) is 9.68. The lowest BCUT2D eigenvalue weighted by Gasteiger charge is -2.22. The van der Waals surface area contributed by atoms with Crippen molar-refractivity contribution in [1.82, 2.24) is 0 Å².